The molecule has 2 aliphatic carbocycles. The minimum atomic E-state index is -1.05. The molecular weight excluding hydrogens is 444 g/mol. The van der Waals surface area contributed by atoms with Crippen LogP contribution in [-0.4, -0.2) is 54.2 Å². The van der Waals surface area contributed by atoms with Crippen LogP contribution in [0.4, 0.5) is 4.79 Å². The molecule has 7 heteroatoms. The van der Waals surface area contributed by atoms with Gasteiger partial charge < -0.3 is 20.1 Å². The van der Waals surface area contributed by atoms with E-state index in [0.29, 0.717) is 12.8 Å². The standard InChI is InChI=1S/C28H34N2O5/c1-19(25(31)32)30(2)26(33)28(15-9-3-4-10-16-28)18-29-27(34)35-17-24-22-13-7-5-11-20(22)21-12-6-8-14-23(21)24/h5-8,11-14,19,24H,3-4,9-10,15-18H2,1-2H3,(H,29,34)(H,31,32). The molecule has 7 nitrogen and oxygen atoms in total. The number of nitrogens with zero attached hydrogens (tertiary/aromatic N) is 1. The summed E-state index contributed by atoms with van der Waals surface area (Å²) in [4.78, 5) is 39.0. The molecule has 1 fully saturated rings. The quantitative estimate of drug-likeness (QED) is 0.558. The van der Waals surface area contributed by atoms with E-state index in [4.69, 9.17) is 4.74 Å². The molecular formula is C28H34N2O5. The number of rotatable bonds is 7. The fourth-order valence-electron chi connectivity index (χ4n) is 5.48. The Labute approximate surface area is 206 Å². The first-order chi connectivity index (χ1) is 16.8. The molecule has 0 spiro atoms. The zero-order valence-electron chi connectivity index (χ0n) is 20.5. The number of ether oxygens (including phenoxy) is 1. The summed E-state index contributed by atoms with van der Waals surface area (Å²) < 4.78 is 5.66. The van der Waals surface area contributed by atoms with Crippen LogP contribution in [-0.2, 0) is 14.3 Å². The van der Waals surface area contributed by atoms with Gasteiger partial charge in [0.1, 0.15) is 12.6 Å². The summed E-state index contributed by atoms with van der Waals surface area (Å²) in [6, 6.07) is 15.4. The lowest BCUT2D eigenvalue weighted by molar-refractivity contribution is -0.153. The summed E-state index contributed by atoms with van der Waals surface area (Å²) in [5.41, 5.74) is 3.79. The van der Waals surface area contributed by atoms with Crippen molar-refractivity contribution in [3.05, 3.63) is 59.7 Å². The lowest BCUT2D eigenvalue weighted by atomic mass is 9.78. The highest BCUT2D eigenvalue weighted by Crippen LogP contribution is 2.44. The maximum Gasteiger partial charge on any atom is 0.407 e. The molecule has 4 rings (SSSR count). The van der Waals surface area contributed by atoms with Crippen molar-refractivity contribution >= 4 is 18.0 Å². The highest BCUT2D eigenvalue weighted by Gasteiger charge is 2.42. The lowest BCUT2D eigenvalue weighted by Gasteiger charge is -2.36. The van der Waals surface area contributed by atoms with Gasteiger partial charge in [-0.1, -0.05) is 74.2 Å². The molecule has 2 aliphatic rings. The summed E-state index contributed by atoms with van der Waals surface area (Å²) in [7, 11) is 1.53. The smallest absolute Gasteiger partial charge is 0.407 e. The first kappa shape index (κ1) is 24.8. The van der Waals surface area contributed by atoms with Crippen LogP contribution < -0.4 is 5.32 Å². The molecule has 1 unspecified atom stereocenters. The number of carboxylic acids is 1. The number of alkyl carbamates (subject to hydrolysis) is 1. The molecule has 2 aromatic carbocycles. The Morgan fingerprint density at radius 3 is 2.09 bits per heavy atom. The van der Waals surface area contributed by atoms with Crippen molar-refractivity contribution < 1.29 is 24.2 Å². The number of benzene rings is 2. The van der Waals surface area contributed by atoms with Gasteiger partial charge in [0.25, 0.3) is 0 Å². The van der Waals surface area contributed by atoms with Crippen LogP contribution in [0.5, 0.6) is 0 Å². The maximum absolute atomic E-state index is 13.4. The summed E-state index contributed by atoms with van der Waals surface area (Å²) in [5.74, 6) is -1.31. The number of amides is 2. The zero-order chi connectivity index (χ0) is 25.0. The normalized spacial score (nSPS) is 17.4. The minimum absolute atomic E-state index is 0.0378. The van der Waals surface area contributed by atoms with Crippen molar-refractivity contribution in [1.29, 1.82) is 0 Å². The number of hydrogen-bond acceptors (Lipinski definition) is 4. The van der Waals surface area contributed by atoms with Gasteiger partial charge in [-0.25, -0.2) is 9.59 Å². The van der Waals surface area contributed by atoms with Crippen molar-refractivity contribution in [2.75, 3.05) is 20.2 Å². The minimum Gasteiger partial charge on any atom is -0.480 e. The predicted octanol–water partition coefficient (Wildman–Crippen LogP) is 4.80. The van der Waals surface area contributed by atoms with E-state index in [-0.39, 0.29) is 25.0 Å². The Hall–Kier alpha value is -3.35. The summed E-state index contributed by atoms with van der Waals surface area (Å²) in [6.45, 7) is 1.85. The van der Waals surface area contributed by atoms with Gasteiger partial charge in [-0.2, -0.15) is 0 Å². The molecule has 0 bridgehead atoms. The van der Waals surface area contributed by atoms with Crippen LogP contribution >= 0.6 is 0 Å². The number of carbonyl (C=O) groups is 3. The molecule has 0 saturated heterocycles. The van der Waals surface area contributed by atoms with E-state index in [0.717, 1.165) is 47.9 Å². The molecule has 0 heterocycles. The van der Waals surface area contributed by atoms with Crippen LogP contribution in [0.25, 0.3) is 11.1 Å². The number of carboxylic acid groups (broad SMARTS) is 1. The first-order valence-electron chi connectivity index (χ1n) is 12.4. The Bertz CT molecular complexity index is 1040. The van der Waals surface area contributed by atoms with Gasteiger partial charge in [0.15, 0.2) is 0 Å². The fourth-order valence-corrected chi connectivity index (χ4v) is 5.48. The van der Waals surface area contributed by atoms with E-state index in [1.807, 2.05) is 24.3 Å². The van der Waals surface area contributed by atoms with Gasteiger partial charge in [0.2, 0.25) is 5.91 Å². The van der Waals surface area contributed by atoms with Gasteiger partial charge in [0.05, 0.1) is 5.41 Å². The van der Waals surface area contributed by atoms with E-state index < -0.39 is 23.5 Å². The van der Waals surface area contributed by atoms with Gasteiger partial charge in [0, 0.05) is 19.5 Å². The largest absolute Gasteiger partial charge is 0.480 e. The molecule has 1 saturated carbocycles. The van der Waals surface area contributed by atoms with Crippen LogP contribution in [0.3, 0.4) is 0 Å². The molecule has 35 heavy (non-hydrogen) atoms. The maximum atomic E-state index is 13.4. The van der Waals surface area contributed by atoms with Crippen molar-refractivity contribution in [1.82, 2.24) is 10.2 Å². The molecule has 0 aromatic heterocycles. The first-order valence-corrected chi connectivity index (χ1v) is 12.4. The summed E-state index contributed by atoms with van der Waals surface area (Å²) >= 11 is 0. The van der Waals surface area contributed by atoms with Gasteiger partial charge in [-0.05, 0) is 42.0 Å². The van der Waals surface area contributed by atoms with Crippen LogP contribution in [0.1, 0.15) is 62.5 Å². The van der Waals surface area contributed by atoms with Gasteiger partial charge in [-0.15, -0.1) is 0 Å². The SMILES string of the molecule is CC(C(=O)O)N(C)C(=O)C1(CNC(=O)OCC2c3ccccc3-c3ccccc32)CCCCCC1. The molecule has 1 atom stereocenters. The van der Waals surface area contributed by atoms with Crippen LogP contribution in [0, 0.1) is 5.41 Å². The number of carbonyl (C=O) groups excluding carboxylic acids is 2. The van der Waals surface area contributed by atoms with Crippen LogP contribution in [0.2, 0.25) is 0 Å². The third kappa shape index (κ3) is 5.04. The predicted molar refractivity (Wildman–Crippen MR) is 133 cm³/mol. The summed E-state index contributed by atoms with van der Waals surface area (Å²) in [6.07, 6.45) is 4.47. The van der Waals surface area contributed by atoms with Crippen molar-refractivity contribution in [2.45, 2.75) is 57.4 Å². The molecule has 2 aromatic rings. The molecule has 2 N–H and O–H groups in total. The van der Waals surface area contributed by atoms with E-state index in [1.165, 1.54) is 18.9 Å². The molecule has 186 valence electrons. The van der Waals surface area contributed by atoms with Gasteiger partial charge in [-0.3, -0.25) is 4.79 Å². The van der Waals surface area contributed by atoms with E-state index in [9.17, 15) is 19.5 Å². The zero-order valence-corrected chi connectivity index (χ0v) is 20.5. The number of hydrogen-bond donors (Lipinski definition) is 2. The van der Waals surface area contributed by atoms with E-state index in [2.05, 4.69) is 29.6 Å². The summed E-state index contributed by atoms with van der Waals surface area (Å²) in [5, 5.41) is 12.2. The molecule has 2 amide bonds. The number of nitrogens with one attached hydrogen (secondary N) is 1. The Morgan fingerprint density at radius 2 is 1.54 bits per heavy atom. The van der Waals surface area contributed by atoms with Crippen molar-refractivity contribution in [3.63, 3.8) is 0 Å². The second-order valence-corrected chi connectivity index (χ2v) is 9.80. The van der Waals surface area contributed by atoms with E-state index >= 15 is 0 Å². The second kappa shape index (κ2) is 10.5. The highest BCUT2D eigenvalue weighted by atomic mass is 16.5. The van der Waals surface area contributed by atoms with Crippen molar-refractivity contribution in [2.24, 2.45) is 5.41 Å². The Morgan fingerprint density at radius 1 is 1.00 bits per heavy atom. The molecule has 0 aliphatic heterocycles. The molecule has 0 radical (unpaired) electrons. The average molecular weight is 479 g/mol. The Kier molecular flexibility index (Phi) is 7.43. The third-order valence-electron chi connectivity index (χ3n) is 7.69. The highest BCUT2D eigenvalue weighted by molar-refractivity contribution is 5.88. The number of fused-ring (bicyclic) bond motifs is 3. The number of likely N-dealkylation sites (N-methyl/N-ethyl adjacent to an activating group) is 1. The van der Waals surface area contributed by atoms with Gasteiger partial charge >= 0.3 is 12.1 Å². The monoisotopic (exact) mass is 478 g/mol. The fraction of sp³-hybridized carbons (Fsp3) is 0.464. The Balaban J connectivity index is 1.43. The second-order valence-electron chi connectivity index (χ2n) is 9.80. The third-order valence-corrected chi connectivity index (χ3v) is 7.69. The average Bonchev–Trinajstić information content (AvgIpc) is 3.00. The topological polar surface area (TPSA) is 95.9 Å². The number of aliphatic carboxylic acids is 1. The lowest BCUT2D eigenvalue weighted by Crippen LogP contribution is -2.52. The van der Waals surface area contributed by atoms with Crippen molar-refractivity contribution in [3.8, 4) is 11.1 Å². The van der Waals surface area contributed by atoms with E-state index in [1.54, 1.807) is 0 Å². The van der Waals surface area contributed by atoms with Crippen LogP contribution in [0.15, 0.2) is 48.5 Å².